The first kappa shape index (κ1) is 18.7. The first-order valence-corrected chi connectivity index (χ1v) is 11.4. The molecule has 1 fully saturated rings. The lowest BCUT2D eigenvalue weighted by atomic mass is 10.1. The normalized spacial score (nSPS) is 16.7. The van der Waals surface area contributed by atoms with Gasteiger partial charge in [0.1, 0.15) is 9.88 Å². The number of nitrogens with zero attached hydrogens (tertiary/aromatic N) is 2. The zero-order valence-electron chi connectivity index (χ0n) is 14.9. The van der Waals surface area contributed by atoms with Crippen LogP contribution in [0.3, 0.4) is 0 Å². The fourth-order valence-corrected chi connectivity index (χ4v) is 5.50. The van der Waals surface area contributed by atoms with Crippen molar-refractivity contribution in [3.8, 4) is 9.88 Å². The molecule has 1 aromatic carbocycles. The van der Waals surface area contributed by atoms with Gasteiger partial charge in [-0.05, 0) is 48.9 Å². The SMILES string of the molecule is Cc1nc(-c2cccs2)sc1C(=O)NCC1CCN(c2cccc(Br)c2)C1. The molecule has 4 rings (SSSR count). The summed E-state index contributed by atoms with van der Waals surface area (Å²) in [5.74, 6) is 0.464. The zero-order valence-corrected chi connectivity index (χ0v) is 18.2. The van der Waals surface area contributed by atoms with Crippen molar-refractivity contribution in [1.82, 2.24) is 10.3 Å². The van der Waals surface area contributed by atoms with Crippen LogP contribution >= 0.6 is 38.6 Å². The number of hydrogen-bond donors (Lipinski definition) is 1. The van der Waals surface area contributed by atoms with E-state index in [9.17, 15) is 4.79 Å². The maximum atomic E-state index is 12.6. The van der Waals surface area contributed by atoms with E-state index in [0.717, 1.165) is 44.4 Å². The number of halogens is 1. The maximum Gasteiger partial charge on any atom is 0.263 e. The van der Waals surface area contributed by atoms with Gasteiger partial charge < -0.3 is 10.2 Å². The van der Waals surface area contributed by atoms with Crippen LogP contribution in [0.4, 0.5) is 5.69 Å². The number of amides is 1. The molecule has 0 saturated carbocycles. The van der Waals surface area contributed by atoms with Crippen molar-refractivity contribution in [2.75, 3.05) is 24.5 Å². The van der Waals surface area contributed by atoms with Crippen molar-refractivity contribution in [1.29, 1.82) is 0 Å². The van der Waals surface area contributed by atoms with Gasteiger partial charge in [0.15, 0.2) is 0 Å². The van der Waals surface area contributed by atoms with Crippen LogP contribution in [0.2, 0.25) is 0 Å². The lowest BCUT2D eigenvalue weighted by molar-refractivity contribution is 0.0951. The monoisotopic (exact) mass is 461 g/mol. The highest BCUT2D eigenvalue weighted by molar-refractivity contribution is 9.10. The summed E-state index contributed by atoms with van der Waals surface area (Å²) in [6.45, 7) is 4.61. The Kier molecular flexibility index (Phi) is 5.61. The van der Waals surface area contributed by atoms with Crippen molar-refractivity contribution in [3.63, 3.8) is 0 Å². The molecule has 27 heavy (non-hydrogen) atoms. The molecule has 2 aromatic heterocycles. The number of hydrogen-bond acceptors (Lipinski definition) is 5. The molecule has 4 nitrogen and oxygen atoms in total. The van der Waals surface area contributed by atoms with Gasteiger partial charge in [0.05, 0.1) is 10.6 Å². The highest BCUT2D eigenvalue weighted by Gasteiger charge is 2.24. The molecule has 1 aliphatic heterocycles. The number of rotatable bonds is 5. The van der Waals surface area contributed by atoms with Gasteiger partial charge >= 0.3 is 0 Å². The Morgan fingerprint density at radius 3 is 3.04 bits per heavy atom. The lowest BCUT2D eigenvalue weighted by Crippen LogP contribution is -2.30. The van der Waals surface area contributed by atoms with E-state index in [0.29, 0.717) is 12.5 Å². The summed E-state index contributed by atoms with van der Waals surface area (Å²) in [5.41, 5.74) is 2.04. The van der Waals surface area contributed by atoms with Crippen LogP contribution < -0.4 is 10.2 Å². The first-order chi connectivity index (χ1) is 13.1. The summed E-state index contributed by atoms with van der Waals surface area (Å²) in [6, 6.07) is 12.4. The van der Waals surface area contributed by atoms with Gasteiger partial charge in [-0.2, -0.15) is 0 Å². The second-order valence-electron chi connectivity index (χ2n) is 6.70. The standard InChI is InChI=1S/C20H20BrN3OS2/c1-13-18(27-20(23-13)17-6-3-9-26-17)19(25)22-11-14-7-8-24(12-14)16-5-2-4-15(21)10-16/h2-6,9-10,14H,7-8,11-12H2,1H3,(H,22,25). The van der Waals surface area contributed by atoms with E-state index in [4.69, 9.17) is 0 Å². The predicted octanol–water partition coefficient (Wildman–Crippen LogP) is 5.20. The molecule has 3 aromatic rings. The Bertz CT molecular complexity index is 939. The van der Waals surface area contributed by atoms with Crippen molar-refractivity contribution >= 4 is 50.2 Å². The third kappa shape index (κ3) is 4.25. The fraction of sp³-hybridized carbons (Fsp3) is 0.300. The molecule has 3 heterocycles. The van der Waals surface area contributed by atoms with Crippen LogP contribution in [-0.4, -0.2) is 30.5 Å². The third-order valence-electron chi connectivity index (χ3n) is 4.75. The van der Waals surface area contributed by atoms with Gasteiger partial charge in [0.2, 0.25) is 0 Å². The zero-order chi connectivity index (χ0) is 18.8. The Morgan fingerprint density at radius 1 is 1.37 bits per heavy atom. The number of thiazole rings is 1. The highest BCUT2D eigenvalue weighted by atomic mass is 79.9. The quantitative estimate of drug-likeness (QED) is 0.567. The van der Waals surface area contributed by atoms with E-state index in [-0.39, 0.29) is 5.91 Å². The van der Waals surface area contributed by atoms with Crippen LogP contribution in [0.25, 0.3) is 9.88 Å². The van der Waals surface area contributed by atoms with E-state index in [1.807, 2.05) is 30.5 Å². The molecule has 1 N–H and O–H groups in total. The molecular weight excluding hydrogens is 442 g/mol. The summed E-state index contributed by atoms with van der Waals surface area (Å²) in [6.07, 6.45) is 1.09. The molecule has 1 amide bonds. The molecular formula is C20H20BrN3OS2. The van der Waals surface area contributed by atoms with Crippen molar-refractivity contribution in [2.45, 2.75) is 13.3 Å². The number of nitrogens with one attached hydrogen (secondary N) is 1. The predicted molar refractivity (Wildman–Crippen MR) is 117 cm³/mol. The maximum absolute atomic E-state index is 12.6. The minimum atomic E-state index is -0.00582. The second-order valence-corrected chi connectivity index (χ2v) is 9.56. The Morgan fingerprint density at radius 2 is 2.26 bits per heavy atom. The molecule has 1 saturated heterocycles. The number of aromatic nitrogens is 1. The Labute approximate surface area is 175 Å². The summed E-state index contributed by atoms with van der Waals surface area (Å²) in [7, 11) is 0. The van der Waals surface area contributed by atoms with Gasteiger partial charge in [-0.1, -0.05) is 28.1 Å². The van der Waals surface area contributed by atoms with Crippen LogP contribution in [0.1, 0.15) is 21.8 Å². The molecule has 7 heteroatoms. The summed E-state index contributed by atoms with van der Waals surface area (Å²) in [4.78, 5) is 21.4. The van der Waals surface area contributed by atoms with Gasteiger partial charge in [-0.25, -0.2) is 4.98 Å². The first-order valence-electron chi connectivity index (χ1n) is 8.90. The number of aryl methyl sites for hydroxylation is 1. The van der Waals surface area contributed by atoms with Crippen molar-refractivity contribution in [3.05, 3.63) is 56.8 Å². The molecule has 1 unspecified atom stereocenters. The molecule has 0 spiro atoms. The minimum absolute atomic E-state index is 0.00582. The molecule has 140 valence electrons. The average molecular weight is 462 g/mol. The van der Waals surface area contributed by atoms with Crippen molar-refractivity contribution in [2.24, 2.45) is 5.92 Å². The third-order valence-corrected chi connectivity index (χ3v) is 7.43. The smallest absolute Gasteiger partial charge is 0.263 e. The Hall–Kier alpha value is -1.70. The van der Waals surface area contributed by atoms with E-state index in [2.05, 4.69) is 49.3 Å². The van der Waals surface area contributed by atoms with Crippen molar-refractivity contribution < 1.29 is 4.79 Å². The molecule has 0 aliphatic carbocycles. The highest BCUT2D eigenvalue weighted by Crippen LogP contribution is 2.31. The van der Waals surface area contributed by atoms with E-state index < -0.39 is 0 Å². The van der Waals surface area contributed by atoms with Gasteiger partial charge in [0, 0.05) is 29.8 Å². The summed E-state index contributed by atoms with van der Waals surface area (Å²) < 4.78 is 1.10. The number of carbonyl (C=O) groups is 1. The van der Waals surface area contributed by atoms with Crippen LogP contribution in [0.5, 0.6) is 0 Å². The Balaban J connectivity index is 1.35. The van der Waals surface area contributed by atoms with Crippen LogP contribution in [-0.2, 0) is 0 Å². The number of carbonyl (C=O) groups excluding carboxylic acids is 1. The van der Waals surface area contributed by atoms with E-state index >= 15 is 0 Å². The largest absolute Gasteiger partial charge is 0.371 e. The van der Waals surface area contributed by atoms with Crippen LogP contribution in [0, 0.1) is 12.8 Å². The second kappa shape index (κ2) is 8.12. The number of benzene rings is 1. The minimum Gasteiger partial charge on any atom is -0.371 e. The van der Waals surface area contributed by atoms with Gasteiger partial charge in [-0.3, -0.25) is 4.79 Å². The van der Waals surface area contributed by atoms with Gasteiger partial charge in [-0.15, -0.1) is 22.7 Å². The van der Waals surface area contributed by atoms with Crippen LogP contribution in [0.15, 0.2) is 46.3 Å². The van der Waals surface area contributed by atoms with E-state index in [1.165, 1.54) is 17.0 Å². The molecule has 0 bridgehead atoms. The summed E-state index contributed by atoms with van der Waals surface area (Å²) >= 11 is 6.66. The number of anilines is 1. The van der Waals surface area contributed by atoms with E-state index in [1.54, 1.807) is 11.3 Å². The fourth-order valence-electron chi connectivity index (χ4n) is 3.34. The average Bonchev–Trinajstić information content (AvgIpc) is 3.40. The summed E-state index contributed by atoms with van der Waals surface area (Å²) in [5, 5.41) is 6.08. The lowest BCUT2D eigenvalue weighted by Gasteiger charge is -2.19. The van der Waals surface area contributed by atoms with Gasteiger partial charge in [0.25, 0.3) is 5.91 Å². The molecule has 0 radical (unpaired) electrons. The molecule has 1 atom stereocenters. The topological polar surface area (TPSA) is 45.2 Å². The molecule has 1 aliphatic rings. The number of thiophene rings is 1.